The van der Waals surface area contributed by atoms with Crippen molar-refractivity contribution in [1.29, 1.82) is 0 Å². The zero-order chi connectivity index (χ0) is 28.0. The molecule has 1 heterocycles. The minimum Gasteiger partial charge on any atom is -0.492 e. The van der Waals surface area contributed by atoms with E-state index in [1.165, 1.54) is 24.3 Å². The van der Waals surface area contributed by atoms with Crippen LogP contribution in [0.4, 0.5) is 11.4 Å². The van der Waals surface area contributed by atoms with E-state index in [0.717, 1.165) is 0 Å². The van der Waals surface area contributed by atoms with Crippen LogP contribution in [0.3, 0.4) is 0 Å². The van der Waals surface area contributed by atoms with Crippen LogP contribution in [0, 0.1) is 0 Å². The van der Waals surface area contributed by atoms with Crippen LogP contribution in [-0.4, -0.2) is 49.5 Å². The summed E-state index contributed by atoms with van der Waals surface area (Å²) in [4.78, 5) is 38.7. The van der Waals surface area contributed by atoms with Gasteiger partial charge in [-0.3, -0.25) is 14.4 Å². The number of anilines is 1. The lowest BCUT2D eigenvalue weighted by Gasteiger charge is -2.13. The first-order valence-corrected chi connectivity index (χ1v) is 13.3. The van der Waals surface area contributed by atoms with Crippen LogP contribution in [0.5, 0.6) is 5.75 Å². The number of hydrogen-bond acceptors (Lipinski definition) is 9. The lowest BCUT2D eigenvalue weighted by atomic mass is 10.0. The second kappa shape index (κ2) is 11.8. The molecule has 200 valence electrons. The fraction of sp³-hybridized carbons (Fsp3) is 0.154. The molecule has 0 aromatic heterocycles. The number of para-hydroxylation sites is 2. The van der Waals surface area contributed by atoms with Gasteiger partial charge in [0, 0.05) is 5.56 Å². The number of primary sulfonamides is 1. The average molecular weight is 549 g/mol. The maximum absolute atomic E-state index is 13.2. The fourth-order valence-electron chi connectivity index (χ4n) is 3.64. The number of rotatable bonds is 9. The molecule has 0 aliphatic carbocycles. The van der Waals surface area contributed by atoms with Gasteiger partial charge in [0.1, 0.15) is 17.9 Å². The molecule has 0 bridgehead atoms. The third-order valence-corrected chi connectivity index (χ3v) is 6.37. The summed E-state index contributed by atoms with van der Waals surface area (Å²) in [5.41, 5.74) is 1.34. The van der Waals surface area contributed by atoms with Crippen molar-refractivity contribution >= 4 is 44.8 Å². The minimum atomic E-state index is -3.89. The first-order chi connectivity index (χ1) is 18.7. The number of hydrazone groups is 1. The summed E-state index contributed by atoms with van der Waals surface area (Å²) in [6, 6.07) is 19.4. The molecule has 1 aliphatic rings. The molecule has 13 heteroatoms. The highest BCUT2D eigenvalue weighted by atomic mass is 32.2. The topological polar surface area (TPSA) is 173 Å². The van der Waals surface area contributed by atoms with E-state index in [1.54, 1.807) is 61.5 Å². The van der Waals surface area contributed by atoms with Gasteiger partial charge in [0.05, 0.1) is 22.9 Å². The van der Waals surface area contributed by atoms with Crippen molar-refractivity contribution < 1.29 is 27.5 Å². The number of azo groups is 1. The summed E-state index contributed by atoms with van der Waals surface area (Å²) in [6.45, 7) is 2.19. The molecular formula is C26H24N6O6S. The molecule has 3 aromatic carbocycles. The molecule has 1 aliphatic heterocycles. The molecule has 39 heavy (non-hydrogen) atoms. The van der Waals surface area contributed by atoms with Gasteiger partial charge in [-0.05, 0) is 43.3 Å². The lowest BCUT2D eigenvalue weighted by molar-refractivity contribution is -0.144. The Bertz CT molecular complexity index is 1560. The summed E-state index contributed by atoms with van der Waals surface area (Å²) < 4.78 is 28.4. The van der Waals surface area contributed by atoms with Crippen molar-refractivity contribution in [2.24, 2.45) is 20.5 Å². The number of benzene rings is 3. The molecule has 12 nitrogen and oxygen atoms in total. The van der Waals surface area contributed by atoms with Crippen LogP contribution in [-0.2, 0) is 24.4 Å². The van der Waals surface area contributed by atoms with E-state index in [9.17, 15) is 22.8 Å². The van der Waals surface area contributed by atoms with Gasteiger partial charge >= 0.3 is 0 Å². The molecule has 0 radical (unpaired) electrons. The Balaban J connectivity index is 1.54. The molecular weight excluding hydrogens is 524 g/mol. The maximum Gasteiger partial charge on any atom is 0.282 e. The van der Waals surface area contributed by atoms with Gasteiger partial charge in [0.25, 0.3) is 11.8 Å². The smallest absolute Gasteiger partial charge is 0.282 e. The van der Waals surface area contributed by atoms with Crippen LogP contribution in [0.2, 0.25) is 0 Å². The number of nitrogens with zero attached hydrogens (tertiary/aromatic N) is 4. The van der Waals surface area contributed by atoms with Crippen molar-refractivity contribution in [1.82, 2.24) is 5.01 Å². The Kier molecular flexibility index (Phi) is 8.22. The largest absolute Gasteiger partial charge is 0.492 e. The fourth-order valence-corrected chi connectivity index (χ4v) is 4.15. The summed E-state index contributed by atoms with van der Waals surface area (Å²) in [5.74, 6) is -1.85. The van der Waals surface area contributed by atoms with E-state index in [2.05, 4.69) is 20.6 Å². The van der Waals surface area contributed by atoms with Crippen LogP contribution in [0.1, 0.15) is 18.9 Å². The number of hydrogen-bond donors (Lipinski definition) is 2. The number of sulfonamides is 1. The number of imide groups is 1. The Morgan fingerprint density at radius 2 is 1.69 bits per heavy atom. The van der Waals surface area contributed by atoms with Crippen molar-refractivity contribution in [3.63, 3.8) is 0 Å². The molecule has 3 amide bonds. The Morgan fingerprint density at radius 3 is 2.36 bits per heavy atom. The van der Waals surface area contributed by atoms with Gasteiger partial charge < -0.3 is 10.1 Å². The SMILES string of the molecule is CCOc1ccccc1NC(=O)CC(=O)N1N=C(c2ccccc2)C(N=Nc2ccc(S(N)(=O)=O)cc2)C1=O. The zero-order valence-corrected chi connectivity index (χ0v) is 21.5. The molecule has 1 unspecified atom stereocenters. The number of amides is 3. The molecule has 1 atom stereocenters. The predicted molar refractivity (Wildman–Crippen MR) is 142 cm³/mol. The summed E-state index contributed by atoms with van der Waals surface area (Å²) in [6.07, 6.45) is -0.656. The minimum absolute atomic E-state index is 0.108. The molecule has 4 rings (SSSR count). The molecule has 3 N–H and O–H groups in total. The average Bonchev–Trinajstić information content (AvgIpc) is 3.25. The lowest BCUT2D eigenvalue weighted by Crippen LogP contribution is -2.36. The van der Waals surface area contributed by atoms with E-state index in [-0.39, 0.29) is 16.3 Å². The highest BCUT2D eigenvalue weighted by molar-refractivity contribution is 7.89. The summed E-state index contributed by atoms with van der Waals surface area (Å²) in [7, 11) is -3.89. The number of carbonyl (C=O) groups excluding carboxylic acids is 3. The first kappa shape index (κ1) is 27.3. The standard InChI is InChI=1S/C26H24N6O6S/c1-2-38-21-11-7-6-10-20(21)28-22(33)16-23(34)32-26(35)25(24(31-32)17-8-4-3-5-9-17)30-29-18-12-14-19(15-13-18)39(27,36)37/h3-15,25H,2,16H2,1H3,(H,28,33)(H2,27,36,37). The second-order valence-electron chi connectivity index (χ2n) is 8.21. The quantitative estimate of drug-likeness (QED) is 0.307. The van der Waals surface area contributed by atoms with E-state index in [4.69, 9.17) is 9.88 Å². The second-order valence-corrected chi connectivity index (χ2v) is 9.77. The Labute approximate surface area is 224 Å². The third kappa shape index (κ3) is 6.58. The summed E-state index contributed by atoms with van der Waals surface area (Å²) >= 11 is 0. The maximum atomic E-state index is 13.2. The Morgan fingerprint density at radius 1 is 1.03 bits per heavy atom. The van der Waals surface area contributed by atoms with Crippen molar-refractivity contribution in [2.75, 3.05) is 11.9 Å². The van der Waals surface area contributed by atoms with Gasteiger partial charge in [-0.15, -0.1) is 0 Å². The molecule has 0 fully saturated rings. The van der Waals surface area contributed by atoms with Crippen LogP contribution in [0.25, 0.3) is 0 Å². The zero-order valence-electron chi connectivity index (χ0n) is 20.7. The third-order valence-electron chi connectivity index (χ3n) is 5.44. The molecule has 3 aromatic rings. The number of carbonyl (C=O) groups is 3. The van der Waals surface area contributed by atoms with Gasteiger partial charge in [-0.2, -0.15) is 20.3 Å². The van der Waals surface area contributed by atoms with Gasteiger partial charge in [-0.1, -0.05) is 42.5 Å². The van der Waals surface area contributed by atoms with E-state index in [1.807, 2.05) is 0 Å². The van der Waals surface area contributed by atoms with Gasteiger partial charge in [0.2, 0.25) is 15.9 Å². The monoisotopic (exact) mass is 548 g/mol. The number of ether oxygens (including phenoxy) is 1. The van der Waals surface area contributed by atoms with E-state index < -0.39 is 40.2 Å². The van der Waals surface area contributed by atoms with E-state index in [0.29, 0.717) is 28.6 Å². The van der Waals surface area contributed by atoms with Crippen LogP contribution in [0.15, 0.2) is 99.1 Å². The van der Waals surface area contributed by atoms with Gasteiger partial charge in [-0.25, -0.2) is 13.6 Å². The van der Waals surface area contributed by atoms with Crippen molar-refractivity contribution in [3.8, 4) is 5.75 Å². The Hall–Kier alpha value is -4.75. The van der Waals surface area contributed by atoms with E-state index >= 15 is 0 Å². The van der Waals surface area contributed by atoms with Crippen molar-refractivity contribution in [3.05, 3.63) is 84.4 Å². The number of nitrogens with two attached hydrogens (primary N) is 1. The normalized spacial score (nSPS) is 15.3. The first-order valence-electron chi connectivity index (χ1n) is 11.7. The molecule has 0 saturated carbocycles. The number of nitrogens with one attached hydrogen (secondary N) is 1. The summed E-state index contributed by atoms with van der Waals surface area (Å²) in [5, 5.41) is 20.6. The van der Waals surface area contributed by atoms with Crippen LogP contribution >= 0.6 is 0 Å². The predicted octanol–water partition coefficient (Wildman–Crippen LogP) is 2.99. The molecule has 0 spiro atoms. The van der Waals surface area contributed by atoms with Crippen LogP contribution < -0.4 is 15.2 Å². The van der Waals surface area contributed by atoms with Crippen molar-refractivity contribution in [2.45, 2.75) is 24.3 Å². The highest BCUT2D eigenvalue weighted by Gasteiger charge is 2.40. The highest BCUT2D eigenvalue weighted by Crippen LogP contribution is 2.25. The molecule has 0 saturated heterocycles. The van der Waals surface area contributed by atoms with Gasteiger partial charge in [0.15, 0.2) is 6.04 Å².